The van der Waals surface area contributed by atoms with Crippen molar-refractivity contribution in [2.75, 3.05) is 18.4 Å². The van der Waals surface area contributed by atoms with E-state index in [1.54, 1.807) is 10.9 Å². The summed E-state index contributed by atoms with van der Waals surface area (Å²) >= 11 is 0. The topological polar surface area (TPSA) is 83.3 Å². The third kappa shape index (κ3) is 3.43. The first kappa shape index (κ1) is 16.2. The van der Waals surface area contributed by atoms with E-state index in [4.69, 9.17) is 5.11 Å². The van der Waals surface area contributed by atoms with E-state index in [9.17, 15) is 4.79 Å². The summed E-state index contributed by atoms with van der Waals surface area (Å²) < 4.78 is 1.80. The number of carbonyl (C=O) groups excluding carboxylic acids is 1. The molecule has 0 aliphatic carbocycles. The van der Waals surface area contributed by atoms with Gasteiger partial charge in [-0.15, -0.1) is 5.10 Å². The molecule has 3 fully saturated rings. The number of hydrogen-bond acceptors (Lipinski definition) is 5. The zero-order valence-electron chi connectivity index (χ0n) is 14.1. The number of para-hydroxylation sites is 1. The lowest BCUT2D eigenvalue weighted by Crippen LogP contribution is -2.57. The molecule has 0 spiro atoms. The molecule has 2 bridgehead atoms. The normalized spacial score (nSPS) is 28.0. The van der Waals surface area contributed by atoms with Crippen LogP contribution in [0.4, 0.5) is 5.69 Å². The highest BCUT2D eigenvalue weighted by atomic mass is 16.3. The van der Waals surface area contributed by atoms with Gasteiger partial charge in [-0.3, -0.25) is 14.4 Å². The quantitative estimate of drug-likeness (QED) is 0.851. The van der Waals surface area contributed by atoms with Crippen molar-refractivity contribution in [3.05, 3.63) is 42.2 Å². The number of rotatable bonds is 5. The molecule has 7 heteroatoms. The molecule has 0 radical (unpaired) electrons. The van der Waals surface area contributed by atoms with Crippen LogP contribution in [0.25, 0.3) is 0 Å². The van der Waals surface area contributed by atoms with E-state index in [-0.39, 0.29) is 18.4 Å². The molecule has 2 N–H and O–H groups in total. The molecule has 3 aliphatic heterocycles. The van der Waals surface area contributed by atoms with Gasteiger partial charge in [0, 0.05) is 18.3 Å². The summed E-state index contributed by atoms with van der Waals surface area (Å²) in [6, 6.07) is 10.0. The second kappa shape index (κ2) is 6.93. The van der Waals surface area contributed by atoms with Crippen molar-refractivity contribution in [2.45, 2.75) is 32.0 Å². The Morgan fingerprint density at radius 2 is 2.16 bits per heavy atom. The van der Waals surface area contributed by atoms with Crippen molar-refractivity contribution in [2.24, 2.45) is 11.8 Å². The molecule has 4 heterocycles. The van der Waals surface area contributed by atoms with Crippen LogP contribution in [0, 0.1) is 11.8 Å². The number of amides is 1. The number of fused-ring (bicyclic) bond motifs is 3. The minimum Gasteiger partial charge on any atom is -0.390 e. The van der Waals surface area contributed by atoms with Crippen molar-refractivity contribution < 1.29 is 9.90 Å². The molecule has 1 unspecified atom stereocenters. The van der Waals surface area contributed by atoms with Gasteiger partial charge in [0.25, 0.3) is 0 Å². The van der Waals surface area contributed by atoms with E-state index in [1.807, 2.05) is 30.3 Å². The Balaban J connectivity index is 1.38. The number of piperidine rings is 3. The fourth-order valence-corrected chi connectivity index (χ4v) is 4.10. The van der Waals surface area contributed by atoms with Gasteiger partial charge in [0.05, 0.1) is 25.3 Å². The van der Waals surface area contributed by atoms with Gasteiger partial charge in [0.2, 0.25) is 5.91 Å². The molecule has 3 aliphatic rings. The van der Waals surface area contributed by atoms with E-state index in [2.05, 4.69) is 20.5 Å². The number of benzene rings is 1. The molecule has 2 aromatic rings. The minimum atomic E-state index is -0.0846. The number of anilines is 1. The Hall–Kier alpha value is -2.25. The lowest BCUT2D eigenvalue weighted by molar-refractivity contribution is -0.127. The highest BCUT2D eigenvalue weighted by molar-refractivity contribution is 5.93. The Morgan fingerprint density at radius 3 is 2.84 bits per heavy atom. The summed E-state index contributed by atoms with van der Waals surface area (Å²) in [5.74, 6) is 0.594. The van der Waals surface area contributed by atoms with E-state index >= 15 is 0 Å². The van der Waals surface area contributed by atoms with Crippen molar-refractivity contribution in [3.8, 4) is 0 Å². The van der Waals surface area contributed by atoms with Crippen LogP contribution in [0.1, 0.15) is 18.5 Å². The zero-order valence-corrected chi connectivity index (χ0v) is 14.1. The molecule has 25 heavy (non-hydrogen) atoms. The summed E-state index contributed by atoms with van der Waals surface area (Å²) in [5.41, 5.74) is 1.45. The third-order valence-electron chi connectivity index (χ3n) is 5.40. The van der Waals surface area contributed by atoms with Gasteiger partial charge in [-0.25, -0.2) is 0 Å². The highest BCUT2D eigenvalue weighted by Crippen LogP contribution is 2.37. The number of hydrogen-bond donors (Lipinski definition) is 2. The number of aliphatic hydroxyl groups excluding tert-OH is 1. The smallest absolute Gasteiger partial charge is 0.229 e. The van der Waals surface area contributed by atoms with Gasteiger partial charge in [-0.05, 0) is 37.4 Å². The maximum Gasteiger partial charge on any atom is 0.229 e. The van der Waals surface area contributed by atoms with Gasteiger partial charge in [-0.2, -0.15) is 0 Å². The molecule has 3 saturated heterocycles. The molecule has 132 valence electrons. The maximum absolute atomic E-state index is 12.7. The predicted molar refractivity (Wildman–Crippen MR) is 92.6 cm³/mol. The van der Waals surface area contributed by atoms with Crippen LogP contribution >= 0.6 is 0 Å². The van der Waals surface area contributed by atoms with E-state index in [0.717, 1.165) is 38.2 Å². The molecule has 5 rings (SSSR count). The lowest BCUT2D eigenvalue weighted by atomic mass is 9.75. The fraction of sp³-hybridized carbons (Fsp3) is 0.500. The van der Waals surface area contributed by atoms with Crippen LogP contribution in [0.15, 0.2) is 36.5 Å². The molecule has 7 nitrogen and oxygen atoms in total. The number of aromatic nitrogens is 3. The van der Waals surface area contributed by atoms with Gasteiger partial charge < -0.3 is 10.4 Å². The molecule has 1 aromatic heterocycles. The first-order valence-corrected chi connectivity index (χ1v) is 8.83. The van der Waals surface area contributed by atoms with Gasteiger partial charge in [-0.1, -0.05) is 23.4 Å². The number of carbonyl (C=O) groups is 1. The van der Waals surface area contributed by atoms with Crippen LogP contribution < -0.4 is 5.32 Å². The Morgan fingerprint density at radius 1 is 1.32 bits per heavy atom. The second-order valence-electron chi connectivity index (χ2n) is 6.99. The van der Waals surface area contributed by atoms with Gasteiger partial charge >= 0.3 is 0 Å². The Labute approximate surface area is 146 Å². The largest absolute Gasteiger partial charge is 0.390 e. The number of nitrogens with one attached hydrogen (secondary N) is 1. The van der Waals surface area contributed by atoms with Gasteiger partial charge in [0.1, 0.15) is 5.69 Å². The monoisotopic (exact) mass is 341 g/mol. The highest BCUT2D eigenvalue weighted by Gasteiger charge is 2.43. The molecular formula is C18H23N5O2. The van der Waals surface area contributed by atoms with Crippen molar-refractivity contribution in [3.63, 3.8) is 0 Å². The van der Waals surface area contributed by atoms with Crippen molar-refractivity contribution in [1.82, 2.24) is 19.9 Å². The maximum atomic E-state index is 12.7. The van der Waals surface area contributed by atoms with Crippen LogP contribution in [0.2, 0.25) is 0 Å². The number of aliphatic hydroxyl groups is 1. The first-order chi connectivity index (χ1) is 12.2. The molecule has 0 saturated carbocycles. The molecule has 4 atom stereocenters. The lowest BCUT2D eigenvalue weighted by Gasteiger charge is -2.49. The van der Waals surface area contributed by atoms with E-state index in [1.165, 1.54) is 0 Å². The average Bonchev–Trinajstić information content (AvgIpc) is 3.10. The van der Waals surface area contributed by atoms with Gasteiger partial charge in [0.15, 0.2) is 0 Å². The molecular weight excluding hydrogens is 318 g/mol. The summed E-state index contributed by atoms with van der Waals surface area (Å²) in [6.07, 6.45) is 3.87. The summed E-state index contributed by atoms with van der Waals surface area (Å²) in [5, 5.41) is 20.2. The van der Waals surface area contributed by atoms with Crippen LogP contribution in [-0.2, 0) is 17.9 Å². The first-order valence-electron chi connectivity index (χ1n) is 8.83. The third-order valence-corrected chi connectivity index (χ3v) is 5.40. The summed E-state index contributed by atoms with van der Waals surface area (Å²) in [7, 11) is 0. The average molecular weight is 341 g/mol. The number of nitrogens with zero attached hydrogens (tertiary/aromatic N) is 4. The Kier molecular flexibility index (Phi) is 4.50. The second-order valence-corrected chi connectivity index (χ2v) is 6.99. The van der Waals surface area contributed by atoms with Crippen LogP contribution in [0.5, 0.6) is 0 Å². The summed E-state index contributed by atoms with van der Waals surface area (Å²) in [4.78, 5) is 15.1. The van der Waals surface area contributed by atoms with Crippen LogP contribution in [-0.4, -0.2) is 50.0 Å². The van der Waals surface area contributed by atoms with E-state index in [0.29, 0.717) is 17.7 Å². The molecule has 1 amide bonds. The van der Waals surface area contributed by atoms with Crippen molar-refractivity contribution in [1.29, 1.82) is 0 Å². The predicted octanol–water partition coefficient (Wildman–Crippen LogP) is 1.12. The van der Waals surface area contributed by atoms with Crippen LogP contribution in [0.3, 0.4) is 0 Å². The summed E-state index contributed by atoms with van der Waals surface area (Å²) in [6.45, 7) is 2.51. The zero-order chi connectivity index (χ0) is 17.2. The SMILES string of the molecule is O=C(Nc1ccccc1)[C@@H]1CN2CC[C@@H]1C[C@@H]2Cn1cc(CO)nn1. The minimum absolute atomic E-state index is 0.0500. The van der Waals surface area contributed by atoms with Crippen molar-refractivity contribution >= 4 is 11.6 Å². The van der Waals surface area contributed by atoms with E-state index < -0.39 is 0 Å². The molecule has 1 aromatic carbocycles. The Bertz CT molecular complexity index is 732. The standard InChI is InChI=1S/C18H23N5O2/c24-12-15-9-23(21-20-15)10-16-8-13-6-7-22(16)11-17(13)18(25)19-14-4-2-1-3-5-14/h1-5,9,13,16-17,24H,6-8,10-12H2,(H,19,25)/t13-,16-,17-/m1/s1. The fourth-order valence-electron chi connectivity index (χ4n) is 4.10.